The monoisotopic (exact) mass is 458 g/mol. The predicted molar refractivity (Wildman–Crippen MR) is 139 cm³/mol. The molecule has 6 rings (SSSR count). The van der Waals surface area contributed by atoms with Crippen molar-refractivity contribution in [1.82, 2.24) is 0 Å². The molecule has 0 saturated heterocycles. The molecule has 0 atom stereocenters. The molecule has 35 heavy (non-hydrogen) atoms. The van der Waals surface area contributed by atoms with Crippen LogP contribution in [-0.2, 0) is 0 Å². The number of benzene rings is 6. The Hall–Kier alpha value is -4.70. The number of rotatable bonds is 3. The van der Waals surface area contributed by atoms with E-state index < -0.39 is 5.92 Å². The first-order chi connectivity index (χ1) is 17.0. The third-order valence-electron chi connectivity index (χ3n) is 6.78. The van der Waals surface area contributed by atoms with Crippen molar-refractivity contribution in [3.8, 4) is 23.0 Å². The second kappa shape index (κ2) is 7.96. The van der Waals surface area contributed by atoms with Crippen LogP contribution in [0, 0.1) is 0 Å². The minimum absolute atomic E-state index is 0.0172. The van der Waals surface area contributed by atoms with E-state index >= 15 is 0 Å². The summed E-state index contributed by atoms with van der Waals surface area (Å²) in [4.78, 5) is 0. The smallest absolute Gasteiger partial charge is 0.127 e. The fourth-order valence-electron chi connectivity index (χ4n) is 5.08. The third kappa shape index (κ3) is 3.30. The summed E-state index contributed by atoms with van der Waals surface area (Å²) in [5.74, 6) is -0.565. The van der Waals surface area contributed by atoms with E-state index in [1.54, 1.807) is 60.7 Å². The van der Waals surface area contributed by atoms with Gasteiger partial charge in [-0.1, -0.05) is 91.0 Å². The van der Waals surface area contributed by atoms with Gasteiger partial charge in [-0.2, -0.15) is 0 Å². The van der Waals surface area contributed by atoms with Gasteiger partial charge in [-0.15, -0.1) is 0 Å². The largest absolute Gasteiger partial charge is 0.507 e. The molecule has 0 spiro atoms. The zero-order chi connectivity index (χ0) is 24.1. The summed E-state index contributed by atoms with van der Waals surface area (Å²) in [6, 6.07) is 31.2. The highest BCUT2D eigenvalue weighted by molar-refractivity contribution is 5.97. The maximum atomic E-state index is 11.4. The van der Waals surface area contributed by atoms with Crippen molar-refractivity contribution < 1.29 is 20.4 Å². The quantitative estimate of drug-likeness (QED) is 0.168. The zero-order valence-corrected chi connectivity index (χ0v) is 18.7. The summed E-state index contributed by atoms with van der Waals surface area (Å²) in [5, 5.41) is 48.7. The van der Waals surface area contributed by atoms with Gasteiger partial charge in [0, 0.05) is 38.6 Å². The summed E-state index contributed by atoms with van der Waals surface area (Å²) in [7, 11) is 0. The second-order valence-electron chi connectivity index (χ2n) is 8.80. The summed E-state index contributed by atoms with van der Waals surface area (Å²) in [6.45, 7) is 0. The molecule has 170 valence electrons. The van der Waals surface area contributed by atoms with E-state index in [2.05, 4.69) is 0 Å². The van der Waals surface area contributed by atoms with Crippen molar-refractivity contribution in [3.63, 3.8) is 0 Å². The molecule has 0 aliphatic heterocycles. The van der Waals surface area contributed by atoms with Crippen LogP contribution in [0.5, 0.6) is 23.0 Å². The first-order valence-electron chi connectivity index (χ1n) is 11.4. The van der Waals surface area contributed by atoms with E-state index in [1.165, 1.54) is 0 Å². The van der Waals surface area contributed by atoms with Crippen LogP contribution >= 0.6 is 0 Å². The molecule has 0 aromatic heterocycles. The average molecular weight is 459 g/mol. The highest BCUT2D eigenvalue weighted by atomic mass is 16.3. The molecule has 0 bridgehead atoms. The lowest BCUT2D eigenvalue weighted by atomic mass is 9.81. The van der Waals surface area contributed by atoms with E-state index in [-0.39, 0.29) is 23.0 Å². The van der Waals surface area contributed by atoms with E-state index in [1.807, 2.05) is 42.5 Å². The highest BCUT2D eigenvalue weighted by Gasteiger charge is 2.27. The van der Waals surface area contributed by atoms with Crippen LogP contribution in [0.1, 0.15) is 22.6 Å². The van der Waals surface area contributed by atoms with E-state index in [9.17, 15) is 20.4 Å². The van der Waals surface area contributed by atoms with Crippen LogP contribution in [0.15, 0.2) is 103 Å². The number of hydrogen-bond acceptors (Lipinski definition) is 4. The fourth-order valence-corrected chi connectivity index (χ4v) is 5.08. The van der Waals surface area contributed by atoms with Gasteiger partial charge in [0.2, 0.25) is 0 Å². The lowest BCUT2D eigenvalue weighted by Crippen LogP contribution is -2.05. The Balaban J connectivity index is 1.70. The van der Waals surface area contributed by atoms with Crippen molar-refractivity contribution in [3.05, 3.63) is 120 Å². The molecular formula is C31H22O4. The van der Waals surface area contributed by atoms with Crippen LogP contribution in [0.4, 0.5) is 0 Å². The van der Waals surface area contributed by atoms with Crippen molar-refractivity contribution in [2.75, 3.05) is 0 Å². The molecule has 6 aromatic carbocycles. The normalized spacial score (nSPS) is 11.6. The SMILES string of the molecule is Oc1cc(C(c2ccc3ccccc3c2)c2cc(O)c3ccccc3c2O)c(O)c2ccccc12. The molecule has 0 saturated carbocycles. The van der Waals surface area contributed by atoms with Crippen LogP contribution in [0.25, 0.3) is 32.3 Å². The molecule has 4 heteroatoms. The van der Waals surface area contributed by atoms with Gasteiger partial charge in [0.1, 0.15) is 23.0 Å². The number of phenolic OH excluding ortho intramolecular Hbond substituents is 4. The van der Waals surface area contributed by atoms with Gasteiger partial charge in [-0.25, -0.2) is 0 Å². The maximum absolute atomic E-state index is 11.4. The minimum atomic E-state index is -0.661. The molecule has 0 amide bonds. The minimum Gasteiger partial charge on any atom is -0.507 e. The Morgan fingerprint density at radius 1 is 0.429 bits per heavy atom. The van der Waals surface area contributed by atoms with Gasteiger partial charge in [-0.05, 0) is 28.5 Å². The number of aromatic hydroxyl groups is 4. The van der Waals surface area contributed by atoms with Crippen molar-refractivity contribution in [2.45, 2.75) is 5.92 Å². The van der Waals surface area contributed by atoms with Crippen LogP contribution in [0.3, 0.4) is 0 Å². The van der Waals surface area contributed by atoms with Crippen LogP contribution in [0.2, 0.25) is 0 Å². The van der Waals surface area contributed by atoms with Gasteiger partial charge in [0.15, 0.2) is 0 Å². The standard InChI is InChI=1S/C31H22O4/c32-27-16-25(30(34)23-11-5-3-9-21(23)27)29(20-14-13-18-7-1-2-8-19(18)15-20)26-17-28(33)22-10-4-6-12-24(22)31(26)35/h1-17,29,32-35H. The second-order valence-corrected chi connectivity index (χ2v) is 8.80. The maximum Gasteiger partial charge on any atom is 0.127 e. The first kappa shape index (κ1) is 20.9. The average Bonchev–Trinajstić information content (AvgIpc) is 2.90. The van der Waals surface area contributed by atoms with Crippen molar-refractivity contribution in [2.24, 2.45) is 0 Å². The molecule has 4 nitrogen and oxygen atoms in total. The van der Waals surface area contributed by atoms with Gasteiger partial charge in [-0.3, -0.25) is 0 Å². The molecule has 0 heterocycles. The summed E-state index contributed by atoms with van der Waals surface area (Å²) in [5.41, 5.74) is 1.67. The summed E-state index contributed by atoms with van der Waals surface area (Å²) < 4.78 is 0. The number of hydrogen-bond donors (Lipinski definition) is 4. The van der Waals surface area contributed by atoms with Gasteiger partial charge >= 0.3 is 0 Å². The van der Waals surface area contributed by atoms with E-state index in [0.717, 1.165) is 16.3 Å². The fraction of sp³-hybridized carbons (Fsp3) is 0.0323. The van der Waals surface area contributed by atoms with E-state index in [4.69, 9.17) is 0 Å². The molecule has 0 aliphatic rings. The Morgan fingerprint density at radius 2 is 0.886 bits per heavy atom. The Bertz CT molecular complexity index is 1660. The topological polar surface area (TPSA) is 80.9 Å². The summed E-state index contributed by atoms with van der Waals surface area (Å²) in [6.07, 6.45) is 0. The van der Waals surface area contributed by atoms with Crippen LogP contribution < -0.4 is 0 Å². The lowest BCUT2D eigenvalue weighted by Gasteiger charge is -2.24. The van der Waals surface area contributed by atoms with Crippen molar-refractivity contribution >= 4 is 32.3 Å². The molecule has 0 unspecified atom stereocenters. The number of fused-ring (bicyclic) bond motifs is 3. The lowest BCUT2D eigenvalue weighted by molar-refractivity contribution is 0.454. The molecule has 6 aromatic rings. The Labute approximate surface area is 201 Å². The van der Waals surface area contributed by atoms with Gasteiger partial charge in [0.05, 0.1) is 0 Å². The van der Waals surface area contributed by atoms with E-state index in [0.29, 0.717) is 32.7 Å². The molecule has 0 aliphatic carbocycles. The third-order valence-corrected chi connectivity index (χ3v) is 6.78. The number of phenols is 4. The predicted octanol–water partition coefficient (Wildman–Crippen LogP) is 7.15. The molecule has 0 fully saturated rings. The highest BCUT2D eigenvalue weighted by Crippen LogP contribution is 2.48. The molecular weight excluding hydrogens is 436 g/mol. The summed E-state index contributed by atoms with van der Waals surface area (Å²) >= 11 is 0. The van der Waals surface area contributed by atoms with Crippen LogP contribution in [-0.4, -0.2) is 20.4 Å². The van der Waals surface area contributed by atoms with Gasteiger partial charge < -0.3 is 20.4 Å². The molecule has 0 radical (unpaired) electrons. The van der Waals surface area contributed by atoms with Crippen molar-refractivity contribution in [1.29, 1.82) is 0 Å². The zero-order valence-electron chi connectivity index (χ0n) is 18.7. The van der Waals surface area contributed by atoms with Gasteiger partial charge in [0.25, 0.3) is 0 Å². The molecule has 4 N–H and O–H groups in total. The Kier molecular flexibility index (Phi) is 4.75. The Morgan fingerprint density at radius 3 is 1.43 bits per heavy atom. The first-order valence-corrected chi connectivity index (χ1v) is 11.4.